The summed E-state index contributed by atoms with van der Waals surface area (Å²) in [5, 5.41) is 21.2. The average Bonchev–Trinajstić information content (AvgIpc) is 0.741. The smallest absolute Gasteiger partial charge is 0.164 e. The molecular formula is C81H74N10O. The molecule has 0 spiro atoms. The topological polar surface area (TPSA) is 153 Å². The number of nitrogens with two attached hydrogens (primary N) is 1. The Labute approximate surface area is 539 Å². The summed E-state index contributed by atoms with van der Waals surface area (Å²) >= 11 is 0. The van der Waals surface area contributed by atoms with Crippen molar-refractivity contribution in [3.05, 3.63) is 266 Å². The first-order valence-corrected chi connectivity index (χ1v) is 31.3. The Kier molecular flexibility index (Phi) is 13.0. The van der Waals surface area contributed by atoms with E-state index in [0.29, 0.717) is 22.6 Å². The van der Waals surface area contributed by atoms with E-state index in [4.69, 9.17) is 21.0 Å². The molecule has 6 aliphatic heterocycles. The summed E-state index contributed by atoms with van der Waals surface area (Å²) in [6.45, 7) is 28.2. The lowest BCUT2D eigenvalue weighted by Gasteiger charge is -2.55. The van der Waals surface area contributed by atoms with Gasteiger partial charge in [0.1, 0.15) is 17.6 Å². The lowest BCUT2D eigenvalue weighted by molar-refractivity contribution is 0.112. The van der Waals surface area contributed by atoms with Gasteiger partial charge in [-0.15, -0.1) is 0 Å². The number of hydrogen-bond acceptors (Lipinski definition) is 10. The summed E-state index contributed by atoms with van der Waals surface area (Å²) in [4.78, 5) is 31.1. The molecule has 0 saturated carbocycles. The first kappa shape index (κ1) is 59.0. The third-order valence-corrected chi connectivity index (χ3v) is 21.0. The molecule has 92 heavy (non-hydrogen) atoms. The minimum atomic E-state index is -0.249. The number of benzene rings is 8. The summed E-state index contributed by atoms with van der Waals surface area (Å²) in [7, 11) is 0. The highest BCUT2D eigenvalue weighted by molar-refractivity contribution is 6.01. The fraction of sp³-hybridized carbons (Fsp3) is 0.235. The molecule has 0 fully saturated rings. The van der Waals surface area contributed by atoms with Crippen molar-refractivity contribution in [3.8, 4) is 29.2 Å². The van der Waals surface area contributed by atoms with E-state index >= 15 is 0 Å². The van der Waals surface area contributed by atoms with Crippen molar-refractivity contribution in [2.45, 2.75) is 123 Å². The highest BCUT2D eigenvalue weighted by Crippen LogP contribution is 2.68. The second-order valence-electron chi connectivity index (χ2n) is 28.3. The van der Waals surface area contributed by atoms with E-state index < -0.39 is 0 Å². The number of fused-ring (bicyclic) bond motifs is 1. The number of nitrogen functional groups attached to an aromatic ring is 1. The van der Waals surface area contributed by atoms with Gasteiger partial charge in [0.25, 0.3) is 0 Å². The molecule has 0 saturated heterocycles. The van der Waals surface area contributed by atoms with Gasteiger partial charge >= 0.3 is 0 Å². The Bertz CT molecular complexity index is 4860. The first-order valence-electron chi connectivity index (χ1n) is 31.3. The molecule has 0 unspecified atom stereocenters. The number of pyridine rings is 2. The summed E-state index contributed by atoms with van der Waals surface area (Å²) in [6.07, 6.45) is 4.49. The standard InChI is InChI=1S/C40H33N5.C28H27NO.C12H10N4.CH4/c1-38(2)26-10-7-12-28-33(26)45-34-27(38)11-8-13-29(34)40(5,6)31-21-24(20-30(35(31)45)39(28,3)4)36-43-32-14-9-19-42-37(32)44(36)25-17-15-23(22-41)16-18-25;1-26(2)17-9-7-11-19-23(17)29-24-18(26)10-8-12-20(24)28(5,6)22-14-16(15-30)13-21(25(22)29)27(19,3)4;13-8-9-3-5-10(6-4-9)16-12-11(14)2-1-7-15-12;/h7-21H,1-6H3;7-15H,1-6H3;1-7H,14H2,(H,15,16);1H4. The van der Waals surface area contributed by atoms with Gasteiger partial charge in [-0.2, -0.15) is 10.5 Å². The summed E-state index contributed by atoms with van der Waals surface area (Å²) in [5.74, 6) is 1.46. The Morgan fingerprint density at radius 1 is 0.446 bits per heavy atom. The van der Waals surface area contributed by atoms with Crippen LogP contribution in [0.4, 0.5) is 51.3 Å². The predicted molar refractivity (Wildman–Crippen MR) is 373 cm³/mol. The van der Waals surface area contributed by atoms with Crippen molar-refractivity contribution in [3.63, 3.8) is 0 Å². The number of aldehydes is 1. The van der Waals surface area contributed by atoms with E-state index in [-0.39, 0.29) is 39.9 Å². The van der Waals surface area contributed by atoms with Gasteiger partial charge in [-0.25, -0.2) is 15.0 Å². The van der Waals surface area contributed by atoms with Crippen LogP contribution in [0.1, 0.15) is 179 Å². The summed E-state index contributed by atoms with van der Waals surface area (Å²) in [5.41, 5.74) is 35.8. The third kappa shape index (κ3) is 8.10. The Morgan fingerprint density at radius 2 is 0.804 bits per heavy atom. The van der Waals surface area contributed by atoms with E-state index in [2.05, 4.69) is 217 Å². The van der Waals surface area contributed by atoms with Crippen molar-refractivity contribution in [1.29, 1.82) is 10.5 Å². The van der Waals surface area contributed by atoms with E-state index in [9.17, 15) is 10.1 Å². The SMILES string of the molecule is C.CC1(C)c2cccc3c2N2c4c1cccc4C(C)(C)c1cc(-c4nc5cccnc5n4-c4ccc(C#N)cc4)cc(c12)C3(C)C.CC1(C)c2cccc3c2N2c4c1cccc4C(C)(C)c1cc(C=O)cc(c12)C3(C)C.N#Cc1ccc(Nc2ncccc2N)cc1. The maximum Gasteiger partial charge on any atom is 0.164 e. The van der Waals surface area contributed by atoms with Gasteiger partial charge in [-0.05, 0) is 164 Å². The molecule has 0 bridgehead atoms. The van der Waals surface area contributed by atoms with Crippen LogP contribution in [0.2, 0.25) is 0 Å². The molecular weight excluding hydrogens is 1130 g/mol. The van der Waals surface area contributed by atoms with E-state index in [1.165, 1.54) is 101 Å². The van der Waals surface area contributed by atoms with Gasteiger partial charge in [0.15, 0.2) is 11.5 Å². The number of nitrogens with zero attached hydrogens (tertiary/aromatic N) is 8. The van der Waals surface area contributed by atoms with Crippen molar-refractivity contribution in [1.82, 2.24) is 19.5 Å². The molecule has 0 radical (unpaired) electrons. The molecule has 3 N–H and O–H groups in total. The second-order valence-corrected chi connectivity index (χ2v) is 28.3. The Morgan fingerprint density at radius 3 is 1.20 bits per heavy atom. The van der Waals surface area contributed by atoms with Gasteiger partial charge < -0.3 is 20.9 Å². The number of carbonyl (C=O) groups is 1. The summed E-state index contributed by atoms with van der Waals surface area (Å²) in [6, 6.07) is 62.9. The van der Waals surface area contributed by atoms with Crippen LogP contribution in [0.3, 0.4) is 0 Å². The highest BCUT2D eigenvalue weighted by Gasteiger charge is 2.54. The fourth-order valence-electron chi connectivity index (χ4n) is 15.9. The van der Waals surface area contributed by atoms with Gasteiger partial charge in [0.05, 0.1) is 63.1 Å². The predicted octanol–water partition coefficient (Wildman–Crippen LogP) is 19.1. The van der Waals surface area contributed by atoms with Crippen LogP contribution in [-0.2, 0) is 32.5 Å². The minimum absolute atomic E-state index is 0. The van der Waals surface area contributed by atoms with Crippen molar-refractivity contribution in [2.24, 2.45) is 0 Å². The van der Waals surface area contributed by atoms with Crippen LogP contribution in [0, 0.1) is 22.7 Å². The molecule has 3 aromatic heterocycles. The molecule has 11 nitrogen and oxygen atoms in total. The monoisotopic (exact) mass is 1200 g/mol. The molecule has 6 aliphatic rings. The molecule has 454 valence electrons. The average molecular weight is 1200 g/mol. The number of para-hydroxylation sites is 4. The van der Waals surface area contributed by atoms with Crippen molar-refractivity contribution >= 4 is 68.8 Å². The second kappa shape index (κ2) is 20.2. The number of aromatic nitrogens is 4. The molecule has 0 aliphatic carbocycles. The number of hydrogen-bond donors (Lipinski definition) is 2. The number of nitrogens with one attached hydrogen (secondary N) is 1. The molecule has 11 heteroatoms. The number of rotatable bonds is 5. The number of nitriles is 2. The number of carbonyl (C=O) groups excluding carboxylic acids is 1. The lowest BCUT2D eigenvalue weighted by Crippen LogP contribution is -2.43. The van der Waals surface area contributed by atoms with Gasteiger partial charge in [-0.3, -0.25) is 9.36 Å². The quantitative estimate of drug-likeness (QED) is 0.159. The van der Waals surface area contributed by atoms with Crippen molar-refractivity contribution in [2.75, 3.05) is 20.9 Å². The van der Waals surface area contributed by atoms with Crippen LogP contribution < -0.4 is 20.9 Å². The van der Waals surface area contributed by atoms with E-state index in [0.717, 1.165) is 45.8 Å². The van der Waals surface area contributed by atoms with E-state index in [1.54, 1.807) is 30.5 Å². The zero-order valence-electron chi connectivity index (χ0n) is 53.5. The molecule has 17 rings (SSSR count). The fourth-order valence-corrected chi connectivity index (χ4v) is 15.9. The third-order valence-electron chi connectivity index (χ3n) is 21.0. The molecule has 11 aromatic rings. The molecule has 9 heterocycles. The normalized spacial score (nSPS) is 16.5. The van der Waals surface area contributed by atoms with Crippen LogP contribution >= 0.6 is 0 Å². The largest absolute Gasteiger partial charge is 0.396 e. The van der Waals surface area contributed by atoms with E-state index in [1.807, 2.05) is 54.7 Å². The van der Waals surface area contributed by atoms with Crippen molar-refractivity contribution < 1.29 is 4.79 Å². The number of anilines is 9. The zero-order chi connectivity index (χ0) is 63.6. The summed E-state index contributed by atoms with van der Waals surface area (Å²) < 4.78 is 2.14. The number of imidazole rings is 1. The van der Waals surface area contributed by atoms with Gasteiger partial charge in [0, 0.05) is 67.4 Å². The first-order chi connectivity index (χ1) is 43.5. The Balaban J connectivity index is 0.000000134. The van der Waals surface area contributed by atoms with Crippen LogP contribution in [-0.4, -0.2) is 25.8 Å². The molecule has 0 amide bonds. The van der Waals surface area contributed by atoms with Gasteiger partial charge in [0.2, 0.25) is 0 Å². The highest BCUT2D eigenvalue weighted by atomic mass is 16.1. The lowest BCUT2D eigenvalue weighted by atomic mass is 9.60. The van der Waals surface area contributed by atoms with Crippen LogP contribution in [0.15, 0.2) is 182 Å². The van der Waals surface area contributed by atoms with Gasteiger partial charge in [-0.1, -0.05) is 163 Å². The van der Waals surface area contributed by atoms with Crippen LogP contribution in [0.25, 0.3) is 28.2 Å². The minimum Gasteiger partial charge on any atom is -0.396 e. The van der Waals surface area contributed by atoms with Crippen LogP contribution in [0.5, 0.6) is 0 Å². The molecule has 8 aromatic carbocycles. The zero-order valence-corrected chi connectivity index (χ0v) is 53.5. The maximum atomic E-state index is 11.9. The Hall–Kier alpha value is -10.6. The maximum absolute atomic E-state index is 11.9. The molecule has 0 atom stereocenters.